The summed E-state index contributed by atoms with van der Waals surface area (Å²) in [6.45, 7) is 3.23. The average molecular weight is 401 g/mol. The van der Waals surface area contributed by atoms with Crippen molar-refractivity contribution in [2.45, 2.75) is 13.0 Å². The number of aryl methyl sites for hydroxylation is 2. The third-order valence-electron chi connectivity index (χ3n) is 5.15. The molecule has 0 bridgehead atoms. The molecule has 0 atom stereocenters. The van der Waals surface area contributed by atoms with Crippen molar-refractivity contribution in [1.29, 1.82) is 0 Å². The summed E-state index contributed by atoms with van der Waals surface area (Å²) in [5.41, 5.74) is 9.75. The number of rotatable bonds is 4. The molecule has 3 N–H and O–H groups in total. The molecule has 0 radical (unpaired) electrons. The highest BCUT2D eigenvalue weighted by molar-refractivity contribution is 6.33. The smallest absolute Gasteiger partial charge is 0.253 e. The van der Waals surface area contributed by atoms with Gasteiger partial charge in [0.2, 0.25) is 5.88 Å². The second kappa shape index (κ2) is 6.87. The van der Waals surface area contributed by atoms with Crippen LogP contribution in [0.5, 0.6) is 5.88 Å². The van der Waals surface area contributed by atoms with E-state index < -0.39 is 0 Å². The Labute approximate surface area is 167 Å². The van der Waals surface area contributed by atoms with Crippen molar-refractivity contribution in [2.24, 2.45) is 7.05 Å². The van der Waals surface area contributed by atoms with Crippen molar-refractivity contribution < 1.29 is 9.53 Å². The van der Waals surface area contributed by atoms with Crippen LogP contribution in [0.2, 0.25) is 5.02 Å². The number of carbonyl (C=O) groups excluding carboxylic acids is 1. The number of methoxy groups -OCH3 is 1. The number of nitrogens with zero attached hydrogens (tertiary/aromatic N) is 4. The van der Waals surface area contributed by atoms with Crippen LogP contribution in [0.4, 0.5) is 11.4 Å². The summed E-state index contributed by atoms with van der Waals surface area (Å²) in [6.07, 6.45) is 1.56. The lowest BCUT2D eigenvalue weighted by Crippen LogP contribution is -2.59. The first kappa shape index (κ1) is 18.4. The Bertz CT molecular complexity index is 1070. The zero-order valence-corrected chi connectivity index (χ0v) is 16.6. The number of nitrogens with two attached hydrogens (primary N) is 1. The number of fused-ring (bicyclic) bond motifs is 1. The minimum atomic E-state index is -0.189. The molecule has 0 unspecified atom stereocenters. The van der Waals surface area contributed by atoms with Gasteiger partial charge in [-0.1, -0.05) is 11.6 Å². The van der Waals surface area contributed by atoms with Crippen molar-refractivity contribution in [3.63, 3.8) is 0 Å². The number of nitrogens with one attached hydrogen (secondary N) is 1. The number of pyridine rings is 1. The van der Waals surface area contributed by atoms with Crippen LogP contribution in [0.3, 0.4) is 0 Å². The van der Waals surface area contributed by atoms with E-state index in [0.717, 1.165) is 22.3 Å². The van der Waals surface area contributed by atoms with Crippen LogP contribution < -0.4 is 20.7 Å². The Morgan fingerprint density at radius 3 is 2.86 bits per heavy atom. The predicted molar refractivity (Wildman–Crippen MR) is 109 cm³/mol. The van der Waals surface area contributed by atoms with Gasteiger partial charge in [-0.15, -0.1) is 0 Å². The number of ether oxygens (including phenoxy) is 1. The molecule has 1 aromatic carbocycles. The standard InChI is InChI=1S/C19H21ClN6O2/c1-10-17-14(24-25(10)2)5-4-12(18(17)21)19(27)23-11-8-26(9-11)15-6-16(28-3)22-7-13(15)20/h4-7,11H,8-9,21H2,1-3H3,(H,23,27). The van der Waals surface area contributed by atoms with Gasteiger partial charge in [0.15, 0.2) is 0 Å². The molecule has 1 fully saturated rings. The third-order valence-corrected chi connectivity index (χ3v) is 5.44. The quantitative estimate of drug-likeness (QED) is 0.651. The molecule has 2 aromatic heterocycles. The minimum absolute atomic E-state index is 0.00724. The van der Waals surface area contributed by atoms with Crippen molar-refractivity contribution in [3.05, 3.63) is 40.7 Å². The summed E-state index contributed by atoms with van der Waals surface area (Å²) < 4.78 is 6.91. The van der Waals surface area contributed by atoms with Gasteiger partial charge in [-0.25, -0.2) is 4.98 Å². The number of nitrogen functional groups attached to an aromatic ring is 1. The second-order valence-corrected chi connectivity index (χ2v) is 7.29. The van der Waals surface area contributed by atoms with Crippen molar-refractivity contribution >= 4 is 39.8 Å². The fourth-order valence-corrected chi connectivity index (χ4v) is 3.68. The molecule has 8 nitrogen and oxygen atoms in total. The van der Waals surface area contributed by atoms with Gasteiger partial charge in [-0.05, 0) is 19.1 Å². The molecule has 9 heteroatoms. The molecule has 0 saturated carbocycles. The monoisotopic (exact) mass is 400 g/mol. The van der Waals surface area contributed by atoms with Gasteiger partial charge in [-0.3, -0.25) is 9.48 Å². The molecule has 0 aliphatic carbocycles. The molecule has 1 amide bonds. The Hall–Kier alpha value is -3.00. The van der Waals surface area contributed by atoms with Gasteiger partial charge in [-0.2, -0.15) is 5.10 Å². The molecule has 1 aliphatic heterocycles. The Kier molecular flexibility index (Phi) is 4.50. The number of aromatic nitrogens is 3. The third kappa shape index (κ3) is 2.99. The summed E-state index contributed by atoms with van der Waals surface area (Å²) >= 11 is 6.23. The van der Waals surface area contributed by atoms with Crippen LogP contribution in [0.1, 0.15) is 16.1 Å². The first-order valence-electron chi connectivity index (χ1n) is 8.86. The molecule has 1 saturated heterocycles. The van der Waals surface area contributed by atoms with Gasteiger partial charge >= 0.3 is 0 Å². The SMILES string of the molecule is COc1cc(N2CC(NC(=O)c3ccc4nn(C)c(C)c4c3N)C2)c(Cl)cn1. The van der Waals surface area contributed by atoms with Crippen LogP contribution >= 0.6 is 11.6 Å². The highest BCUT2D eigenvalue weighted by Crippen LogP contribution is 2.32. The van der Waals surface area contributed by atoms with Crippen molar-refractivity contribution in [2.75, 3.05) is 30.8 Å². The van der Waals surface area contributed by atoms with E-state index in [9.17, 15) is 4.79 Å². The number of halogens is 1. The normalized spacial score (nSPS) is 14.2. The molecular formula is C19H21ClN6O2. The summed E-state index contributed by atoms with van der Waals surface area (Å²) in [4.78, 5) is 18.9. The fraction of sp³-hybridized carbons (Fsp3) is 0.316. The molecule has 3 aromatic rings. The zero-order chi connectivity index (χ0) is 20.0. The van der Waals surface area contributed by atoms with Gasteiger partial charge in [0.05, 0.1) is 46.8 Å². The fourth-order valence-electron chi connectivity index (χ4n) is 3.46. The van der Waals surface area contributed by atoms with Gasteiger partial charge in [0.1, 0.15) is 0 Å². The molecule has 4 rings (SSSR count). The average Bonchev–Trinajstić information content (AvgIpc) is 2.93. The Morgan fingerprint density at radius 1 is 1.39 bits per heavy atom. The van der Waals surface area contributed by atoms with E-state index in [4.69, 9.17) is 22.1 Å². The first-order valence-corrected chi connectivity index (χ1v) is 9.24. The van der Waals surface area contributed by atoms with Crippen LogP contribution in [0.25, 0.3) is 10.9 Å². The number of carbonyl (C=O) groups is 1. The minimum Gasteiger partial charge on any atom is -0.481 e. The van der Waals surface area contributed by atoms with E-state index in [1.54, 1.807) is 30.1 Å². The van der Waals surface area contributed by atoms with E-state index in [2.05, 4.69) is 20.3 Å². The molecule has 28 heavy (non-hydrogen) atoms. The van der Waals surface area contributed by atoms with Gasteiger partial charge in [0.25, 0.3) is 5.91 Å². The van der Waals surface area contributed by atoms with Crippen LogP contribution in [0.15, 0.2) is 24.4 Å². The lowest BCUT2D eigenvalue weighted by Gasteiger charge is -2.41. The van der Waals surface area contributed by atoms with Crippen molar-refractivity contribution in [1.82, 2.24) is 20.1 Å². The summed E-state index contributed by atoms with van der Waals surface area (Å²) in [6, 6.07) is 5.34. The number of amides is 1. The number of benzene rings is 1. The maximum atomic E-state index is 12.7. The summed E-state index contributed by atoms with van der Waals surface area (Å²) in [5, 5.41) is 8.80. The van der Waals surface area contributed by atoms with E-state index >= 15 is 0 Å². The zero-order valence-electron chi connectivity index (χ0n) is 15.9. The maximum absolute atomic E-state index is 12.7. The first-order chi connectivity index (χ1) is 13.4. The number of anilines is 2. The predicted octanol–water partition coefficient (Wildman–Crippen LogP) is 2.14. The lowest BCUT2D eigenvalue weighted by atomic mass is 10.0. The molecule has 3 heterocycles. The second-order valence-electron chi connectivity index (χ2n) is 6.88. The van der Waals surface area contributed by atoms with E-state index in [1.165, 1.54) is 0 Å². The summed E-state index contributed by atoms with van der Waals surface area (Å²) in [5.74, 6) is 0.311. The molecule has 146 valence electrons. The largest absolute Gasteiger partial charge is 0.481 e. The van der Waals surface area contributed by atoms with E-state index in [0.29, 0.717) is 35.2 Å². The topological polar surface area (TPSA) is 98.3 Å². The maximum Gasteiger partial charge on any atom is 0.253 e. The van der Waals surface area contributed by atoms with Gasteiger partial charge < -0.3 is 20.7 Å². The van der Waals surface area contributed by atoms with Crippen LogP contribution in [0, 0.1) is 6.92 Å². The van der Waals surface area contributed by atoms with Crippen LogP contribution in [-0.2, 0) is 7.05 Å². The Balaban J connectivity index is 1.47. The van der Waals surface area contributed by atoms with E-state index in [1.807, 2.05) is 20.0 Å². The number of hydrogen-bond acceptors (Lipinski definition) is 6. The van der Waals surface area contributed by atoms with Crippen LogP contribution in [-0.4, -0.2) is 46.9 Å². The summed E-state index contributed by atoms with van der Waals surface area (Å²) in [7, 11) is 3.42. The van der Waals surface area contributed by atoms with Crippen molar-refractivity contribution in [3.8, 4) is 5.88 Å². The Morgan fingerprint density at radius 2 is 2.14 bits per heavy atom. The highest BCUT2D eigenvalue weighted by Gasteiger charge is 2.30. The van der Waals surface area contributed by atoms with Gasteiger partial charge in [0, 0.05) is 37.3 Å². The lowest BCUT2D eigenvalue weighted by molar-refractivity contribution is 0.0931. The molecule has 0 spiro atoms. The molecule has 1 aliphatic rings. The molecular weight excluding hydrogens is 380 g/mol. The number of hydrogen-bond donors (Lipinski definition) is 2. The highest BCUT2D eigenvalue weighted by atomic mass is 35.5. The van der Waals surface area contributed by atoms with E-state index in [-0.39, 0.29) is 11.9 Å².